The van der Waals surface area contributed by atoms with E-state index in [4.69, 9.17) is 14.2 Å². The highest BCUT2D eigenvalue weighted by atomic mass is 16.6. The normalized spacial score (nSPS) is 30.3. The van der Waals surface area contributed by atoms with Crippen LogP contribution in [0, 0.1) is 0 Å². The highest BCUT2D eigenvalue weighted by molar-refractivity contribution is 5.92. The molecule has 5 atom stereocenters. The standard InChI is InChI=1S/C32H36N2O5/c1-5-18-34-19-17-31-28-23-12-13-25(37-4)29(28)38-30(31)24(15-16-32(31,26(34)20-23)39-21(2)35)33(3)27(36)14-11-22-9-7-6-8-10-22/h5-14,24,26,30H,1,15-20H2,2-4H3/t24-,26-,30+,31+,32-/m1/s1. The van der Waals surface area contributed by atoms with Gasteiger partial charge in [-0.15, -0.1) is 6.58 Å². The van der Waals surface area contributed by atoms with Crippen LogP contribution in [0.25, 0.3) is 6.08 Å². The van der Waals surface area contributed by atoms with E-state index in [-0.39, 0.29) is 30.1 Å². The minimum Gasteiger partial charge on any atom is -0.493 e. The van der Waals surface area contributed by atoms with Gasteiger partial charge in [0.25, 0.3) is 0 Å². The smallest absolute Gasteiger partial charge is 0.303 e. The molecule has 7 nitrogen and oxygen atoms in total. The molecule has 2 aromatic carbocycles. The molecule has 4 aliphatic rings. The first kappa shape index (κ1) is 25.7. The van der Waals surface area contributed by atoms with E-state index in [2.05, 4.69) is 17.5 Å². The molecule has 204 valence electrons. The Bertz CT molecular complexity index is 1340. The second-order valence-corrected chi connectivity index (χ2v) is 11.2. The third-order valence-electron chi connectivity index (χ3n) is 9.46. The molecular formula is C32H36N2O5. The molecule has 7 heteroatoms. The van der Waals surface area contributed by atoms with Crippen molar-refractivity contribution in [3.63, 3.8) is 0 Å². The molecule has 0 aromatic heterocycles. The van der Waals surface area contributed by atoms with E-state index in [1.807, 2.05) is 60.5 Å². The predicted octanol–water partition coefficient (Wildman–Crippen LogP) is 4.15. The van der Waals surface area contributed by atoms with Crippen LogP contribution in [0.4, 0.5) is 0 Å². The van der Waals surface area contributed by atoms with Crippen LogP contribution in [0.5, 0.6) is 11.5 Å². The van der Waals surface area contributed by atoms with E-state index >= 15 is 0 Å². The summed E-state index contributed by atoms with van der Waals surface area (Å²) >= 11 is 0. The number of likely N-dealkylation sites (N-methyl/N-ethyl adjacent to an activating group) is 1. The first-order valence-electron chi connectivity index (χ1n) is 13.8. The van der Waals surface area contributed by atoms with Gasteiger partial charge in [-0.05, 0) is 49.0 Å². The SMILES string of the molecule is C=CCN1CC[C@]23c4c5ccc(OC)c4O[C@H]2[C@H](N(C)C(=O)C=Cc2ccccc2)CC[C@@]3(OC(C)=O)[C@H]1C5. The summed E-state index contributed by atoms with van der Waals surface area (Å²) in [5.74, 6) is 1.05. The maximum atomic E-state index is 13.5. The minimum atomic E-state index is -0.768. The fraction of sp³-hybridized carbons (Fsp3) is 0.438. The number of piperidine rings is 1. The summed E-state index contributed by atoms with van der Waals surface area (Å²) < 4.78 is 19.1. The number of benzene rings is 2. The van der Waals surface area contributed by atoms with Crippen molar-refractivity contribution in [2.75, 3.05) is 27.2 Å². The van der Waals surface area contributed by atoms with Crippen molar-refractivity contribution >= 4 is 18.0 Å². The Balaban J connectivity index is 1.46. The second kappa shape index (κ2) is 9.56. The van der Waals surface area contributed by atoms with Gasteiger partial charge >= 0.3 is 5.97 Å². The van der Waals surface area contributed by atoms with Gasteiger partial charge in [0.05, 0.1) is 24.6 Å². The number of hydrogen-bond acceptors (Lipinski definition) is 6. The van der Waals surface area contributed by atoms with Crippen molar-refractivity contribution in [3.8, 4) is 11.5 Å². The molecule has 2 aromatic rings. The number of methoxy groups -OCH3 is 1. The fourth-order valence-electron chi connectivity index (χ4n) is 7.98. The average molecular weight is 529 g/mol. The summed E-state index contributed by atoms with van der Waals surface area (Å²) in [4.78, 5) is 30.5. The Morgan fingerprint density at radius 3 is 2.72 bits per heavy atom. The van der Waals surface area contributed by atoms with Crippen molar-refractivity contribution in [2.24, 2.45) is 0 Å². The second-order valence-electron chi connectivity index (χ2n) is 11.2. The van der Waals surface area contributed by atoms with Gasteiger partial charge < -0.3 is 19.1 Å². The van der Waals surface area contributed by atoms with Crippen molar-refractivity contribution < 1.29 is 23.8 Å². The fourth-order valence-corrected chi connectivity index (χ4v) is 7.98. The summed E-state index contributed by atoms with van der Waals surface area (Å²) in [6.07, 6.45) is 7.84. The van der Waals surface area contributed by atoms with Crippen LogP contribution in [0.15, 0.2) is 61.2 Å². The molecule has 39 heavy (non-hydrogen) atoms. The summed E-state index contributed by atoms with van der Waals surface area (Å²) in [7, 11) is 3.51. The quantitative estimate of drug-likeness (QED) is 0.306. The zero-order valence-electron chi connectivity index (χ0n) is 22.9. The lowest BCUT2D eigenvalue weighted by atomic mass is 9.48. The maximum absolute atomic E-state index is 13.5. The Kier molecular flexibility index (Phi) is 6.29. The molecule has 1 spiro atoms. The highest BCUT2D eigenvalue weighted by Gasteiger charge is 2.75. The molecule has 1 amide bonds. The molecule has 2 aliphatic carbocycles. The van der Waals surface area contributed by atoms with E-state index in [9.17, 15) is 9.59 Å². The van der Waals surface area contributed by atoms with Crippen LogP contribution in [-0.2, 0) is 26.2 Å². The van der Waals surface area contributed by atoms with Crippen molar-refractivity contribution in [1.82, 2.24) is 9.80 Å². The summed E-state index contributed by atoms with van der Waals surface area (Å²) in [5.41, 5.74) is 1.93. The number of likely N-dealkylation sites (tertiary alicyclic amines) is 1. The Morgan fingerprint density at radius 2 is 2.00 bits per heavy atom. The van der Waals surface area contributed by atoms with Gasteiger partial charge in [-0.2, -0.15) is 0 Å². The zero-order valence-corrected chi connectivity index (χ0v) is 22.9. The van der Waals surface area contributed by atoms with Crippen LogP contribution in [0.2, 0.25) is 0 Å². The van der Waals surface area contributed by atoms with Gasteiger partial charge in [-0.25, -0.2) is 0 Å². The number of ether oxygens (including phenoxy) is 3. The van der Waals surface area contributed by atoms with Crippen molar-refractivity contribution in [1.29, 1.82) is 0 Å². The number of rotatable bonds is 7. The molecule has 2 fully saturated rings. The molecule has 0 N–H and O–H groups in total. The third kappa shape index (κ3) is 3.66. The van der Waals surface area contributed by atoms with Gasteiger partial charge in [0.15, 0.2) is 11.5 Å². The number of nitrogens with zero attached hydrogens (tertiary/aromatic N) is 2. The lowest BCUT2D eigenvalue weighted by Crippen LogP contribution is -2.79. The molecule has 1 saturated heterocycles. The maximum Gasteiger partial charge on any atom is 0.303 e. The third-order valence-corrected chi connectivity index (χ3v) is 9.46. The van der Waals surface area contributed by atoms with E-state index in [1.54, 1.807) is 13.2 Å². The first-order valence-corrected chi connectivity index (χ1v) is 13.8. The van der Waals surface area contributed by atoms with Gasteiger partial charge in [0.2, 0.25) is 5.91 Å². The first-order chi connectivity index (χ1) is 18.9. The lowest BCUT2D eigenvalue weighted by molar-refractivity contribution is -0.222. The van der Waals surface area contributed by atoms with Crippen LogP contribution < -0.4 is 9.47 Å². The van der Waals surface area contributed by atoms with E-state index in [0.29, 0.717) is 18.6 Å². The largest absolute Gasteiger partial charge is 0.493 e. The zero-order chi connectivity index (χ0) is 27.4. The minimum absolute atomic E-state index is 0.00831. The molecule has 2 bridgehead atoms. The van der Waals surface area contributed by atoms with Crippen molar-refractivity contribution in [2.45, 2.75) is 61.8 Å². The van der Waals surface area contributed by atoms with Crippen LogP contribution in [-0.4, -0.2) is 72.7 Å². The number of carbonyl (C=O) groups excluding carboxylic acids is 2. The van der Waals surface area contributed by atoms with Crippen LogP contribution in [0.3, 0.4) is 0 Å². The molecule has 6 rings (SSSR count). The molecule has 0 radical (unpaired) electrons. The molecule has 1 saturated carbocycles. The lowest BCUT2D eigenvalue weighted by Gasteiger charge is -2.65. The Morgan fingerprint density at radius 1 is 1.21 bits per heavy atom. The molecular weight excluding hydrogens is 492 g/mol. The summed E-state index contributed by atoms with van der Waals surface area (Å²) in [5, 5.41) is 0. The van der Waals surface area contributed by atoms with E-state index in [0.717, 1.165) is 42.8 Å². The number of esters is 1. The van der Waals surface area contributed by atoms with Crippen LogP contribution >= 0.6 is 0 Å². The highest BCUT2D eigenvalue weighted by Crippen LogP contribution is 2.67. The van der Waals surface area contributed by atoms with E-state index in [1.165, 1.54) is 12.5 Å². The van der Waals surface area contributed by atoms with Crippen molar-refractivity contribution in [3.05, 3.63) is 77.9 Å². The monoisotopic (exact) mass is 528 g/mol. The Hall–Kier alpha value is -3.58. The molecule has 2 heterocycles. The molecule has 2 aliphatic heterocycles. The van der Waals surface area contributed by atoms with E-state index < -0.39 is 11.0 Å². The average Bonchev–Trinajstić information content (AvgIpc) is 3.28. The Labute approximate surface area is 230 Å². The summed E-state index contributed by atoms with van der Waals surface area (Å²) in [6, 6.07) is 13.7. The van der Waals surface area contributed by atoms with Gasteiger partial charge in [-0.3, -0.25) is 14.5 Å². The van der Waals surface area contributed by atoms with Gasteiger partial charge in [0.1, 0.15) is 11.7 Å². The topological polar surface area (TPSA) is 68.3 Å². The molecule has 0 unspecified atom stereocenters. The number of carbonyl (C=O) groups is 2. The summed E-state index contributed by atoms with van der Waals surface area (Å²) in [6.45, 7) is 7.04. The van der Waals surface area contributed by atoms with Crippen LogP contribution in [0.1, 0.15) is 42.9 Å². The van der Waals surface area contributed by atoms with Gasteiger partial charge in [0, 0.05) is 38.7 Å². The predicted molar refractivity (Wildman–Crippen MR) is 149 cm³/mol. The van der Waals surface area contributed by atoms with Gasteiger partial charge in [-0.1, -0.05) is 42.5 Å². The number of hydrogen-bond donors (Lipinski definition) is 0. The number of amides is 1.